The molecule has 2 aromatic heterocycles. The number of nitrogens with one attached hydrogen (secondary N) is 1. The van der Waals surface area contributed by atoms with Crippen LogP contribution in [0, 0.1) is 11.6 Å². The number of cyclic esters (lactones) is 1. The van der Waals surface area contributed by atoms with E-state index in [4.69, 9.17) is 4.74 Å². The molecule has 0 spiro atoms. The largest absolute Gasteiger partial charge is 0.477 e. The molecule has 1 aromatic carbocycles. The van der Waals surface area contributed by atoms with Crippen LogP contribution in [0.3, 0.4) is 0 Å². The van der Waals surface area contributed by atoms with Crippen LogP contribution in [0.15, 0.2) is 35.3 Å². The van der Waals surface area contributed by atoms with Gasteiger partial charge in [0.2, 0.25) is 5.43 Å². The van der Waals surface area contributed by atoms with Gasteiger partial charge in [-0.15, -0.1) is 0 Å². The van der Waals surface area contributed by atoms with Crippen molar-refractivity contribution < 1.29 is 33.0 Å². The molecule has 1 saturated carbocycles. The Morgan fingerprint density at radius 1 is 1.12 bits per heavy atom. The predicted octanol–water partition coefficient (Wildman–Crippen LogP) is 3.70. The smallest absolute Gasteiger partial charge is 0.414 e. The quantitative estimate of drug-likeness (QED) is 0.397. The summed E-state index contributed by atoms with van der Waals surface area (Å²) in [6.07, 6.45) is 2.58. The number of carbonyl (C=O) groups excluding carboxylic acids is 2. The van der Waals surface area contributed by atoms with E-state index in [1.807, 2.05) is 0 Å². The number of ketones is 1. The van der Waals surface area contributed by atoms with Gasteiger partial charge in [0.05, 0.1) is 29.3 Å². The average molecular weight is 568 g/mol. The molecule has 0 unspecified atom stereocenters. The van der Waals surface area contributed by atoms with Crippen molar-refractivity contribution in [3.05, 3.63) is 57.9 Å². The van der Waals surface area contributed by atoms with Crippen LogP contribution in [0.2, 0.25) is 0 Å². The highest BCUT2D eigenvalue weighted by Gasteiger charge is 2.35. The first-order valence-corrected chi connectivity index (χ1v) is 13.4. The number of carboxylic acid groups (broad SMARTS) is 1. The second-order valence-corrected chi connectivity index (χ2v) is 10.7. The number of fused-ring (bicyclic) bond motifs is 1. The molecule has 1 amide bonds. The van der Waals surface area contributed by atoms with Crippen LogP contribution in [0.5, 0.6) is 0 Å². The fraction of sp³-hybridized carbons (Fsp3) is 0.393. The van der Waals surface area contributed by atoms with Gasteiger partial charge >= 0.3 is 12.1 Å². The number of carbonyl (C=O) groups is 3. The number of aromatic nitrogens is 2. The molecule has 3 fully saturated rings. The third-order valence-electron chi connectivity index (χ3n) is 7.61. The van der Waals surface area contributed by atoms with Crippen LogP contribution in [0.1, 0.15) is 49.0 Å². The van der Waals surface area contributed by atoms with E-state index in [1.165, 1.54) is 30.2 Å². The number of ether oxygens (including phenoxy) is 1. The van der Waals surface area contributed by atoms with Gasteiger partial charge in [0.15, 0.2) is 11.6 Å². The van der Waals surface area contributed by atoms with E-state index in [0.717, 1.165) is 18.9 Å². The number of hydrogen-bond acceptors (Lipinski definition) is 8. The lowest BCUT2D eigenvalue weighted by atomic mass is 10.1. The number of aromatic carboxylic acids is 1. The van der Waals surface area contributed by atoms with Crippen molar-refractivity contribution in [2.24, 2.45) is 0 Å². The molecule has 2 aliphatic heterocycles. The maximum absolute atomic E-state index is 15.1. The number of halogens is 2. The molecule has 1 atom stereocenters. The normalized spacial score (nSPS) is 18.9. The van der Waals surface area contributed by atoms with Crippen molar-refractivity contribution in [3.63, 3.8) is 0 Å². The third kappa shape index (κ3) is 5.07. The first-order valence-electron chi connectivity index (χ1n) is 13.4. The van der Waals surface area contributed by atoms with E-state index in [0.29, 0.717) is 31.6 Å². The van der Waals surface area contributed by atoms with Gasteiger partial charge in [-0.2, -0.15) is 0 Å². The van der Waals surface area contributed by atoms with E-state index >= 15 is 4.39 Å². The number of anilines is 3. The van der Waals surface area contributed by atoms with Gasteiger partial charge in [0.1, 0.15) is 28.9 Å². The minimum absolute atomic E-state index is 0.00231. The summed E-state index contributed by atoms with van der Waals surface area (Å²) in [4.78, 5) is 55.1. The summed E-state index contributed by atoms with van der Waals surface area (Å²) in [5.74, 6) is -2.65. The van der Waals surface area contributed by atoms with E-state index in [2.05, 4.69) is 10.3 Å². The zero-order chi connectivity index (χ0) is 29.0. The Morgan fingerprint density at radius 2 is 1.88 bits per heavy atom. The highest BCUT2D eigenvalue weighted by molar-refractivity contribution is 5.92. The Bertz CT molecular complexity index is 1650. The molecule has 3 aromatic rings. The zero-order valence-electron chi connectivity index (χ0n) is 22.1. The summed E-state index contributed by atoms with van der Waals surface area (Å²) in [5.41, 5.74) is -0.406. The summed E-state index contributed by atoms with van der Waals surface area (Å²) < 4.78 is 37.0. The maximum Gasteiger partial charge on any atom is 0.414 e. The Kier molecular flexibility index (Phi) is 6.59. The topological polar surface area (TPSA) is 134 Å². The number of benzene rings is 1. The second kappa shape index (κ2) is 10.1. The summed E-state index contributed by atoms with van der Waals surface area (Å²) in [5, 5.41) is 12.4. The van der Waals surface area contributed by atoms with Crippen molar-refractivity contribution in [2.75, 3.05) is 34.8 Å². The fourth-order valence-corrected chi connectivity index (χ4v) is 5.24. The van der Waals surface area contributed by atoms with E-state index in [-0.39, 0.29) is 47.0 Å². The molecule has 13 heteroatoms. The summed E-state index contributed by atoms with van der Waals surface area (Å²) in [6, 6.07) is 5.18. The number of rotatable bonds is 9. The first kappa shape index (κ1) is 26.7. The number of hydrogen-bond donors (Lipinski definition) is 2. The molecule has 1 aliphatic carbocycles. The van der Waals surface area contributed by atoms with Gasteiger partial charge in [-0.05, 0) is 50.5 Å². The third-order valence-corrected chi connectivity index (χ3v) is 7.61. The SMILES string of the molecule is CC(=O)CC[C@H]1CN(c2ccc(NC3CN(c4nc5c(cc4F)c(=O)c(C(=O)O)cn5C4CC4)C3)c(F)c2)C(=O)O1. The number of pyridine rings is 2. The van der Waals surface area contributed by atoms with Gasteiger partial charge in [0.25, 0.3) is 0 Å². The Labute approximate surface area is 232 Å². The van der Waals surface area contributed by atoms with Crippen LogP contribution in [-0.2, 0) is 9.53 Å². The summed E-state index contributed by atoms with van der Waals surface area (Å²) >= 11 is 0. The molecular formula is C28H27F2N5O6. The molecule has 2 N–H and O–H groups in total. The van der Waals surface area contributed by atoms with Crippen LogP contribution in [-0.4, -0.2) is 64.3 Å². The van der Waals surface area contributed by atoms with Gasteiger partial charge < -0.3 is 29.4 Å². The molecule has 41 heavy (non-hydrogen) atoms. The van der Waals surface area contributed by atoms with Gasteiger partial charge in [0, 0.05) is 31.7 Å². The summed E-state index contributed by atoms with van der Waals surface area (Å²) in [7, 11) is 0. The molecule has 3 aliphatic rings. The Morgan fingerprint density at radius 3 is 2.54 bits per heavy atom. The molecule has 0 radical (unpaired) electrons. The highest BCUT2D eigenvalue weighted by Crippen LogP contribution is 2.37. The van der Waals surface area contributed by atoms with Crippen molar-refractivity contribution in [3.8, 4) is 0 Å². The average Bonchev–Trinajstić information content (AvgIpc) is 3.67. The standard InChI is InChI=1S/C28H27F2N5O6/c1-14(36)2-6-18-12-35(28(40)41-18)17-5-7-23(21(29)8-17)31-15-10-33(11-15)26-22(30)9-19-24(37)20(27(38)39)13-34(16-3-4-16)25(19)32-26/h5,7-9,13,15-16,18,31H,2-4,6,10-12H2,1H3,(H,38,39)/t18-/m0/s1. The molecular weight excluding hydrogens is 540 g/mol. The van der Waals surface area contributed by atoms with Gasteiger partial charge in [-0.1, -0.05) is 0 Å². The van der Waals surface area contributed by atoms with Crippen molar-refractivity contribution in [1.29, 1.82) is 0 Å². The van der Waals surface area contributed by atoms with E-state index in [9.17, 15) is 28.7 Å². The Balaban J connectivity index is 1.14. The number of amides is 1. The number of nitrogens with zero attached hydrogens (tertiary/aromatic N) is 4. The lowest BCUT2D eigenvalue weighted by molar-refractivity contribution is -0.117. The van der Waals surface area contributed by atoms with Crippen LogP contribution < -0.4 is 20.5 Å². The molecule has 4 heterocycles. The van der Waals surface area contributed by atoms with Crippen LogP contribution in [0.25, 0.3) is 11.0 Å². The maximum atomic E-state index is 15.1. The van der Waals surface area contributed by atoms with Crippen LogP contribution in [0.4, 0.5) is 30.8 Å². The number of carboxylic acids is 1. The van der Waals surface area contributed by atoms with Crippen molar-refractivity contribution in [2.45, 2.75) is 50.8 Å². The minimum Gasteiger partial charge on any atom is -0.477 e. The predicted molar refractivity (Wildman–Crippen MR) is 145 cm³/mol. The minimum atomic E-state index is -1.37. The van der Waals surface area contributed by atoms with E-state index < -0.39 is 40.8 Å². The molecule has 6 rings (SSSR count). The molecule has 0 bridgehead atoms. The molecule has 2 saturated heterocycles. The van der Waals surface area contributed by atoms with Crippen molar-refractivity contribution >= 4 is 46.1 Å². The molecule has 11 nitrogen and oxygen atoms in total. The monoisotopic (exact) mass is 567 g/mol. The second-order valence-electron chi connectivity index (χ2n) is 10.7. The first-order chi connectivity index (χ1) is 19.6. The van der Waals surface area contributed by atoms with E-state index in [1.54, 1.807) is 15.5 Å². The Hall–Kier alpha value is -4.55. The van der Waals surface area contributed by atoms with Crippen LogP contribution >= 0.6 is 0 Å². The van der Waals surface area contributed by atoms with Gasteiger partial charge in [-0.25, -0.2) is 23.4 Å². The molecule has 214 valence electrons. The highest BCUT2D eigenvalue weighted by atomic mass is 19.1. The van der Waals surface area contributed by atoms with Gasteiger partial charge in [-0.3, -0.25) is 9.69 Å². The fourth-order valence-electron chi connectivity index (χ4n) is 5.24. The zero-order valence-corrected chi connectivity index (χ0v) is 22.1. The van der Waals surface area contributed by atoms with Crippen molar-refractivity contribution in [1.82, 2.24) is 9.55 Å². The summed E-state index contributed by atoms with van der Waals surface area (Å²) in [6.45, 7) is 2.32. The number of Topliss-reactive ketones (excluding diaryl/α,β-unsaturated/α-hetero) is 1. The lowest BCUT2D eigenvalue weighted by Crippen LogP contribution is -2.55. The lowest BCUT2D eigenvalue weighted by Gasteiger charge is -2.41.